The third-order valence-corrected chi connectivity index (χ3v) is 6.34. The number of aromatic nitrogens is 1. The molecule has 2 aromatic carbocycles. The summed E-state index contributed by atoms with van der Waals surface area (Å²) in [7, 11) is 0. The Labute approximate surface area is 191 Å². The number of halogens is 2. The van der Waals surface area contributed by atoms with Gasteiger partial charge in [0.25, 0.3) is 0 Å². The average Bonchev–Trinajstić information content (AvgIpc) is 3.60. The molecule has 1 aromatic heterocycles. The molecule has 31 heavy (non-hydrogen) atoms. The number of para-hydroxylation sites is 2. The molecule has 1 saturated carbocycles. The molecule has 1 fully saturated rings. The maximum Gasteiger partial charge on any atom is 0.158 e. The number of rotatable bonds is 5. The van der Waals surface area contributed by atoms with Gasteiger partial charge in [0.15, 0.2) is 6.23 Å². The zero-order valence-corrected chi connectivity index (χ0v) is 18.6. The first kappa shape index (κ1) is 20.4. The predicted octanol–water partition coefficient (Wildman–Crippen LogP) is 5.97. The largest absolute Gasteiger partial charge is 0.455 e. The van der Waals surface area contributed by atoms with Gasteiger partial charge in [-0.1, -0.05) is 35.3 Å². The van der Waals surface area contributed by atoms with Gasteiger partial charge in [0, 0.05) is 48.2 Å². The number of hydrogen-bond donors (Lipinski definition) is 1. The fourth-order valence-corrected chi connectivity index (χ4v) is 4.41. The van der Waals surface area contributed by atoms with Crippen molar-refractivity contribution in [1.29, 1.82) is 0 Å². The third-order valence-electron chi connectivity index (χ3n) is 5.79. The van der Waals surface area contributed by atoms with Crippen molar-refractivity contribution in [2.75, 3.05) is 22.9 Å². The Hall–Kier alpha value is -2.47. The van der Waals surface area contributed by atoms with Gasteiger partial charge in [-0.15, -0.1) is 0 Å². The third kappa shape index (κ3) is 4.05. The van der Waals surface area contributed by atoms with E-state index in [0.29, 0.717) is 39.7 Å². The molecule has 160 valence electrons. The Kier molecular flexibility index (Phi) is 5.42. The second-order valence-corrected chi connectivity index (χ2v) is 8.86. The minimum atomic E-state index is -0.913. The van der Waals surface area contributed by atoms with Crippen LogP contribution in [0.15, 0.2) is 54.7 Å². The molecule has 0 bridgehead atoms. The fraction of sp³-hybridized carbons (Fsp3) is 0.292. The number of aliphatic hydroxyl groups is 1. The lowest BCUT2D eigenvalue weighted by Crippen LogP contribution is -2.43. The molecule has 1 unspecified atom stereocenters. The monoisotopic (exact) mass is 455 g/mol. The second-order valence-electron chi connectivity index (χ2n) is 8.02. The van der Waals surface area contributed by atoms with E-state index in [0.717, 1.165) is 23.6 Å². The Bertz CT molecular complexity index is 1120. The van der Waals surface area contributed by atoms with Crippen molar-refractivity contribution in [3.63, 3.8) is 0 Å². The van der Waals surface area contributed by atoms with Crippen LogP contribution in [0.1, 0.15) is 30.3 Å². The lowest BCUT2D eigenvalue weighted by atomic mass is 10.1. The molecule has 3 aromatic rings. The van der Waals surface area contributed by atoms with E-state index in [2.05, 4.69) is 22.0 Å². The number of fused-ring (bicyclic) bond motifs is 1. The van der Waals surface area contributed by atoms with Crippen LogP contribution in [0.2, 0.25) is 10.0 Å². The number of ether oxygens (including phenoxy) is 1. The second kappa shape index (κ2) is 8.23. The van der Waals surface area contributed by atoms with Crippen LogP contribution in [0, 0.1) is 6.92 Å². The number of hydrogen-bond acceptors (Lipinski definition) is 5. The Morgan fingerprint density at radius 2 is 1.81 bits per heavy atom. The number of benzene rings is 2. The van der Waals surface area contributed by atoms with E-state index < -0.39 is 6.23 Å². The van der Waals surface area contributed by atoms with E-state index in [1.165, 1.54) is 12.8 Å². The zero-order chi connectivity index (χ0) is 21.5. The molecule has 5 nitrogen and oxygen atoms in total. The molecule has 2 aliphatic rings. The van der Waals surface area contributed by atoms with Crippen molar-refractivity contribution in [3.05, 3.63) is 76.0 Å². The summed E-state index contributed by atoms with van der Waals surface area (Å²) in [6.07, 6.45) is 3.22. The van der Waals surface area contributed by atoms with Gasteiger partial charge in [-0.2, -0.15) is 0 Å². The molecule has 1 aliphatic heterocycles. The highest BCUT2D eigenvalue weighted by molar-refractivity contribution is 6.34. The number of nitrogens with zero attached hydrogens (tertiary/aromatic N) is 3. The van der Waals surface area contributed by atoms with Crippen molar-refractivity contribution in [2.24, 2.45) is 0 Å². The van der Waals surface area contributed by atoms with Crippen LogP contribution in [-0.4, -0.2) is 29.2 Å². The van der Waals surface area contributed by atoms with E-state index in [1.54, 1.807) is 24.4 Å². The molecule has 5 rings (SSSR count). The first-order valence-corrected chi connectivity index (χ1v) is 11.2. The van der Waals surface area contributed by atoms with Crippen LogP contribution in [0.4, 0.5) is 11.4 Å². The van der Waals surface area contributed by atoms with E-state index in [4.69, 9.17) is 27.9 Å². The molecule has 7 heteroatoms. The fourth-order valence-electron chi connectivity index (χ4n) is 4.10. The van der Waals surface area contributed by atoms with Gasteiger partial charge in [-0.3, -0.25) is 4.98 Å². The molecule has 2 heterocycles. The maximum atomic E-state index is 11.4. The Morgan fingerprint density at radius 3 is 2.58 bits per heavy atom. The SMILES string of the molecule is Cc1cc(Oc2cc(Cl)ccc2Cl)c(C(O)N2CCN(C3CC3)c3ccccc32)cn1. The zero-order valence-electron chi connectivity index (χ0n) is 17.1. The summed E-state index contributed by atoms with van der Waals surface area (Å²) in [5.41, 5.74) is 3.54. The summed E-state index contributed by atoms with van der Waals surface area (Å²) in [6, 6.07) is 15.7. The minimum Gasteiger partial charge on any atom is -0.455 e. The van der Waals surface area contributed by atoms with E-state index in [9.17, 15) is 5.11 Å². The smallest absolute Gasteiger partial charge is 0.158 e. The van der Waals surface area contributed by atoms with Crippen LogP contribution < -0.4 is 14.5 Å². The van der Waals surface area contributed by atoms with Gasteiger partial charge in [-0.25, -0.2) is 0 Å². The van der Waals surface area contributed by atoms with Crippen molar-refractivity contribution in [2.45, 2.75) is 32.0 Å². The van der Waals surface area contributed by atoms with Crippen molar-refractivity contribution in [1.82, 2.24) is 4.98 Å². The highest BCUT2D eigenvalue weighted by Crippen LogP contribution is 2.44. The van der Waals surface area contributed by atoms with Crippen LogP contribution in [-0.2, 0) is 0 Å². The molecular weight excluding hydrogens is 433 g/mol. The molecule has 1 atom stereocenters. The Balaban J connectivity index is 1.50. The maximum absolute atomic E-state index is 11.4. The quantitative estimate of drug-likeness (QED) is 0.513. The number of pyridine rings is 1. The molecular formula is C24H23Cl2N3O2. The standard InChI is InChI=1S/C24H23Cl2N3O2/c1-15-12-22(31-23-13-16(25)6-9-19(23)26)18(14-27-15)24(30)29-11-10-28(17-7-8-17)20-4-2-3-5-21(20)29/h2-6,9,12-14,17,24,30H,7-8,10-11H2,1H3. The van der Waals surface area contributed by atoms with Gasteiger partial charge in [-0.05, 0) is 44.0 Å². The first-order valence-electron chi connectivity index (χ1n) is 10.4. The summed E-state index contributed by atoms with van der Waals surface area (Å²) in [6.45, 7) is 3.46. The van der Waals surface area contributed by atoms with Crippen molar-refractivity contribution < 1.29 is 9.84 Å². The summed E-state index contributed by atoms with van der Waals surface area (Å²) < 4.78 is 6.12. The lowest BCUT2D eigenvalue weighted by molar-refractivity contribution is 0.167. The van der Waals surface area contributed by atoms with Gasteiger partial charge in [0.05, 0.1) is 22.0 Å². The molecule has 1 N–H and O–H groups in total. The van der Waals surface area contributed by atoms with Crippen molar-refractivity contribution in [3.8, 4) is 11.5 Å². The van der Waals surface area contributed by atoms with Crippen LogP contribution in [0.25, 0.3) is 0 Å². The molecule has 1 aliphatic carbocycles. The molecule has 0 amide bonds. The lowest BCUT2D eigenvalue weighted by Gasteiger charge is -2.41. The molecule has 0 radical (unpaired) electrons. The van der Waals surface area contributed by atoms with Gasteiger partial charge in [0.1, 0.15) is 11.5 Å². The number of aliphatic hydroxyl groups excluding tert-OH is 1. The first-order chi connectivity index (χ1) is 15.0. The average molecular weight is 456 g/mol. The van der Waals surface area contributed by atoms with Gasteiger partial charge < -0.3 is 19.6 Å². The van der Waals surface area contributed by atoms with Crippen LogP contribution in [0.3, 0.4) is 0 Å². The normalized spacial score (nSPS) is 16.8. The molecule has 0 spiro atoms. The summed E-state index contributed by atoms with van der Waals surface area (Å²) in [4.78, 5) is 8.87. The van der Waals surface area contributed by atoms with Gasteiger partial charge in [0.2, 0.25) is 0 Å². The van der Waals surface area contributed by atoms with E-state index in [-0.39, 0.29) is 0 Å². The summed E-state index contributed by atoms with van der Waals surface area (Å²) in [5, 5.41) is 12.4. The highest BCUT2D eigenvalue weighted by atomic mass is 35.5. The highest BCUT2D eigenvalue weighted by Gasteiger charge is 2.36. The summed E-state index contributed by atoms with van der Waals surface area (Å²) >= 11 is 12.4. The number of anilines is 2. The van der Waals surface area contributed by atoms with Crippen molar-refractivity contribution >= 4 is 34.6 Å². The predicted molar refractivity (Wildman–Crippen MR) is 125 cm³/mol. The van der Waals surface area contributed by atoms with Gasteiger partial charge >= 0.3 is 0 Å². The topological polar surface area (TPSA) is 48.8 Å². The molecule has 0 saturated heterocycles. The minimum absolute atomic E-state index is 0.437. The van der Waals surface area contributed by atoms with Crippen LogP contribution >= 0.6 is 23.2 Å². The van der Waals surface area contributed by atoms with E-state index in [1.807, 2.05) is 30.0 Å². The Morgan fingerprint density at radius 1 is 1.03 bits per heavy atom. The number of aryl methyl sites for hydroxylation is 1. The summed E-state index contributed by atoms with van der Waals surface area (Å²) in [5.74, 6) is 0.943. The van der Waals surface area contributed by atoms with Crippen LogP contribution in [0.5, 0.6) is 11.5 Å². The van der Waals surface area contributed by atoms with E-state index >= 15 is 0 Å².